The molecular weight excluding hydrogens is 392 g/mol. The van der Waals surface area contributed by atoms with Crippen LogP contribution >= 0.6 is 23.1 Å². The first-order valence-electron chi connectivity index (χ1n) is 9.31. The van der Waals surface area contributed by atoms with E-state index in [0.717, 1.165) is 30.2 Å². The van der Waals surface area contributed by atoms with Crippen LogP contribution in [0.3, 0.4) is 0 Å². The summed E-state index contributed by atoms with van der Waals surface area (Å²) >= 11 is 3.57. The molecule has 0 aliphatic carbocycles. The van der Waals surface area contributed by atoms with Crippen LogP contribution in [-0.2, 0) is 17.8 Å². The number of thioether (sulfide) groups is 1. The van der Waals surface area contributed by atoms with Crippen molar-refractivity contribution in [1.82, 2.24) is 15.0 Å². The summed E-state index contributed by atoms with van der Waals surface area (Å²) in [4.78, 5) is 20.1. The van der Waals surface area contributed by atoms with Gasteiger partial charge >= 0.3 is 0 Å². The maximum atomic E-state index is 12.3. The molecule has 1 amide bonds. The van der Waals surface area contributed by atoms with E-state index in [4.69, 9.17) is 4.52 Å². The number of hydrogen-bond donors (Lipinski definition) is 1. The second kappa shape index (κ2) is 9.36. The monoisotopic (exact) mass is 414 g/mol. The summed E-state index contributed by atoms with van der Waals surface area (Å²) in [5, 5.41) is 8.92. The van der Waals surface area contributed by atoms with Gasteiger partial charge in [-0.15, -0.1) is 11.3 Å². The van der Waals surface area contributed by atoms with Crippen LogP contribution in [0.15, 0.2) is 46.3 Å². The first kappa shape index (κ1) is 19.2. The number of thiophene rings is 1. The van der Waals surface area contributed by atoms with E-state index in [1.165, 1.54) is 17.1 Å². The van der Waals surface area contributed by atoms with E-state index in [1.54, 1.807) is 11.3 Å². The van der Waals surface area contributed by atoms with Gasteiger partial charge in [-0.25, -0.2) is 0 Å². The lowest BCUT2D eigenvalue weighted by Crippen LogP contribution is -2.31. The first-order chi connectivity index (χ1) is 13.8. The van der Waals surface area contributed by atoms with Gasteiger partial charge in [0.25, 0.3) is 0 Å². The van der Waals surface area contributed by atoms with Crippen molar-refractivity contribution < 1.29 is 9.32 Å². The average molecular weight is 415 g/mol. The molecule has 1 aliphatic rings. The SMILES string of the molecule is O=C(CCc1nc(-c2cccs2)no1)Nc1cccc(CN2CCSCC2)c1. The van der Waals surface area contributed by atoms with Crippen LogP contribution in [0, 0.1) is 0 Å². The van der Waals surface area contributed by atoms with Crippen molar-refractivity contribution in [2.45, 2.75) is 19.4 Å². The summed E-state index contributed by atoms with van der Waals surface area (Å²) in [6.07, 6.45) is 0.731. The maximum Gasteiger partial charge on any atom is 0.227 e. The first-order valence-corrected chi connectivity index (χ1v) is 11.3. The van der Waals surface area contributed by atoms with Crippen molar-refractivity contribution in [3.63, 3.8) is 0 Å². The Kier molecular flexibility index (Phi) is 6.41. The standard InChI is InChI=1S/C20H22N4O2S2/c25-18(6-7-19-22-20(23-26-19)17-5-2-10-28-17)21-16-4-1-3-15(13-16)14-24-8-11-27-12-9-24/h1-5,10,13H,6-9,11-12,14H2,(H,21,25). The van der Waals surface area contributed by atoms with Crippen molar-refractivity contribution in [3.05, 3.63) is 53.2 Å². The molecule has 6 nitrogen and oxygen atoms in total. The Hall–Kier alpha value is -2.16. The van der Waals surface area contributed by atoms with Gasteiger partial charge in [0.15, 0.2) is 0 Å². The van der Waals surface area contributed by atoms with Crippen LogP contribution in [0.5, 0.6) is 0 Å². The number of nitrogens with one attached hydrogen (secondary N) is 1. The lowest BCUT2D eigenvalue weighted by molar-refractivity contribution is -0.116. The van der Waals surface area contributed by atoms with Crippen molar-refractivity contribution >= 4 is 34.7 Å². The minimum absolute atomic E-state index is 0.0533. The van der Waals surface area contributed by atoms with Gasteiger partial charge in [-0.05, 0) is 29.1 Å². The number of carbonyl (C=O) groups excluding carboxylic acids is 1. The van der Waals surface area contributed by atoms with Crippen molar-refractivity contribution in [2.75, 3.05) is 29.9 Å². The summed E-state index contributed by atoms with van der Waals surface area (Å²) in [6.45, 7) is 3.18. The van der Waals surface area contributed by atoms with E-state index in [2.05, 4.69) is 32.5 Å². The fourth-order valence-corrected chi connectivity index (χ4v) is 4.70. The van der Waals surface area contributed by atoms with Crippen LogP contribution in [0.4, 0.5) is 5.69 Å². The Labute approximate surface area is 172 Å². The number of hydrogen-bond acceptors (Lipinski definition) is 7. The maximum absolute atomic E-state index is 12.3. The molecule has 4 rings (SSSR count). The summed E-state index contributed by atoms with van der Waals surface area (Å²) < 4.78 is 5.25. The van der Waals surface area contributed by atoms with E-state index in [9.17, 15) is 4.79 Å². The number of anilines is 1. The molecule has 2 aromatic heterocycles. The molecule has 1 aliphatic heterocycles. The Balaban J connectivity index is 1.28. The topological polar surface area (TPSA) is 71.3 Å². The molecule has 1 aromatic carbocycles. The van der Waals surface area contributed by atoms with Gasteiger partial charge in [0.2, 0.25) is 17.6 Å². The zero-order valence-corrected chi connectivity index (χ0v) is 17.1. The summed E-state index contributed by atoms with van der Waals surface area (Å²) in [6, 6.07) is 12.0. The van der Waals surface area contributed by atoms with Crippen LogP contribution < -0.4 is 5.32 Å². The van der Waals surface area contributed by atoms with E-state index < -0.39 is 0 Å². The number of benzene rings is 1. The molecule has 0 bridgehead atoms. The molecule has 0 saturated carbocycles. The molecule has 0 radical (unpaired) electrons. The zero-order valence-electron chi connectivity index (χ0n) is 15.5. The van der Waals surface area contributed by atoms with E-state index in [-0.39, 0.29) is 5.91 Å². The zero-order chi connectivity index (χ0) is 19.2. The predicted molar refractivity (Wildman–Crippen MR) is 114 cm³/mol. The van der Waals surface area contributed by atoms with Gasteiger partial charge < -0.3 is 9.84 Å². The van der Waals surface area contributed by atoms with Gasteiger partial charge in [-0.2, -0.15) is 16.7 Å². The number of nitrogens with zero attached hydrogens (tertiary/aromatic N) is 3. The molecule has 3 aromatic rings. The van der Waals surface area contributed by atoms with E-state index in [0.29, 0.717) is 24.6 Å². The lowest BCUT2D eigenvalue weighted by atomic mass is 10.1. The quantitative estimate of drug-likeness (QED) is 0.632. The van der Waals surface area contributed by atoms with E-state index in [1.807, 2.05) is 41.4 Å². The normalized spacial score (nSPS) is 14.9. The highest BCUT2D eigenvalue weighted by molar-refractivity contribution is 7.99. The van der Waals surface area contributed by atoms with Crippen LogP contribution in [0.1, 0.15) is 17.9 Å². The highest BCUT2D eigenvalue weighted by Gasteiger charge is 2.13. The van der Waals surface area contributed by atoms with Crippen molar-refractivity contribution in [3.8, 4) is 10.7 Å². The third-order valence-corrected chi connectivity index (χ3v) is 6.30. The van der Waals surface area contributed by atoms with Gasteiger partial charge in [0.1, 0.15) is 0 Å². The second-order valence-corrected chi connectivity index (χ2v) is 8.80. The molecular formula is C20H22N4O2S2. The van der Waals surface area contributed by atoms with Gasteiger partial charge in [-0.3, -0.25) is 9.69 Å². The number of carbonyl (C=O) groups is 1. The molecule has 8 heteroatoms. The third-order valence-electron chi connectivity index (χ3n) is 4.50. The second-order valence-electron chi connectivity index (χ2n) is 6.63. The van der Waals surface area contributed by atoms with E-state index >= 15 is 0 Å². The molecule has 1 fully saturated rings. The highest BCUT2D eigenvalue weighted by atomic mass is 32.2. The molecule has 0 spiro atoms. The molecule has 0 unspecified atom stereocenters. The minimum Gasteiger partial charge on any atom is -0.339 e. The average Bonchev–Trinajstić information content (AvgIpc) is 3.39. The number of aryl methyl sites for hydroxylation is 1. The predicted octanol–water partition coefficient (Wildman–Crippen LogP) is 3.92. The third kappa shape index (κ3) is 5.21. The Bertz CT molecular complexity index is 905. The van der Waals surface area contributed by atoms with Crippen LogP contribution in [-0.4, -0.2) is 45.5 Å². The lowest BCUT2D eigenvalue weighted by Gasteiger charge is -2.26. The molecule has 0 atom stereocenters. The number of rotatable bonds is 7. The number of aromatic nitrogens is 2. The van der Waals surface area contributed by atoms with Crippen molar-refractivity contribution in [2.24, 2.45) is 0 Å². The van der Waals surface area contributed by atoms with Gasteiger partial charge in [0, 0.05) is 49.7 Å². The molecule has 1 saturated heterocycles. The fraction of sp³-hybridized carbons (Fsp3) is 0.350. The highest BCUT2D eigenvalue weighted by Crippen LogP contribution is 2.21. The van der Waals surface area contributed by atoms with Gasteiger partial charge in [-0.1, -0.05) is 23.4 Å². The summed E-state index contributed by atoms with van der Waals surface area (Å²) in [7, 11) is 0. The minimum atomic E-state index is -0.0533. The summed E-state index contributed by atoms with van der Waals surface area (Å²) in [5.74, 6) is 3.40. The smallest absolute Gasteiger partial charge is 0.227 e. The van der Waals surface area contributed by atoms with Crippen LogP contribution in [0.25, 0.3) is 10.7 Å². The molecule has 1 N–H and O–H groups in total. The number of amides is 1. The Morgan fingerprint density at radius 2 is 2.11 bits per heavy atom. The largest absolute Gasteiger partial charge is 0.339 e. The molecule has 28 heavy (non-hydrogen) atoms. The van der Waals surface area contributed by atoms with Gasteiger partial charge in [0.05, 0.1) is 4.88 Å². The molecule has 3 heterocycles. The summed E-state index contributed by atoms with van der Waals surface area (Å²) in [5.41, 5.74) is 2.06. The fourth-order valence-electron chi connectivity index (χ4n) is 3.07. The Morgan fingerprint density at radius 1 is 1.21 bits per heavy atom. The van der Waals surface area contributed by atoms with Crippen molar-refractivity contribution in [1.29, 1.82) is 0 Å². The molecule has 146 valence electrons. The van der Waals surface area contributed by atoms with Crippen LogP contribution in [0.2, 0.25) is 0 Å². The Morgan fingerprint density at radius 3 is 2.93 bits per heavy atom.